The summed E-state index contributed by atoms with van der Waals surface area (Å²) in [5.41, 5.74) is 1.59. The first-order chi connectivity index (χ1) is 9.17. The Morgan fingerprint density at radius 2 is 2.11 bits per heavy atom. The minimum Gasteiger partial charge on any atom is -0.465 e. The van der Waals surface area contributed by atoms with E-state index in [4.69, 9.17) is 4.42 Å². The Hall–Kier alpha value is -1.58. The molecule has 3 heteroatoms. The van der Waals surface area contributed by atoms with E-state index < -0.39 is 5.60 Å². The molecule has 0 amide bonds. The highest BCUT2D eigenvalue weighted by Crippen LogP contribution is 2.36. The van der Waals surface area contributed by atoms with E-state index in [1.54, 1.807) is 0 Å². The van der Waals surface area contributed by atoms with Gasteiger partial charge in [-0.15, -0.1) is 0 Å². The summed E-state index contributed by atoms with van der Waals surface area (Å²) >= 11 is 0. The van der Waals surface area contributed by atoms with Gasteiger partial charge in [-0.3, -0.25) is 0 Å². The van der Waals surface area contributed by atoms with E-state index in [0.717, 1.165) is 29.9 Å². The molecule has 0 saturated heterocycles. The van der Waals surface area contributed by atoms with Gasteiger partial charge < -0.3 is 14.8 Å². The van der Waals surface area contributed by atoms with Gasteiger partial charge in [-0.05, 0) is 43.0 Å². The molecule has 1 aliphatic carbocycles. The number of rotatable bonds is 4. The van der Waals surface area contributed by atoms with Crippen LogP contribution in [-0.4, -0.2) is 11.7 Å². The van der Waals surface area contributed by atoms with Crippen LogP contribution < -0.4 is 5.32 Å². The molecule has 1 aromatic heterocycles. The zero-order valence-corrected chi connectivity index (χ0v) is 11.1. The van der Waals surface area contributed by atoms with Crippen molar-refractivity contribution in [2.24, 2.45) is 0 Å². The van der Waals surface area contributed by atoms with Crippen LogP contribution in [0.25, 0.3) is 0 Å². The van der Waals surface area contributed by atoms with Crippen molar-refractivity contribution in [1.29, 1.82) is 0 Å². The molecule has 100 valence electrons. The lowest BCUT2D eigenvalue weighted by Gasteiger charge is -2.24. The molecule has 1 aromatic carbocycles. The standard InChI is InChI=1S/C16H19NO2/c1-12-6-7-14(19-12)10-17-11-16(18)9-8-13-4-2-3-5-15(13)16/h2-7,17-18H,8-11H2,1H3. The third-order valence-corrected chi connectivity index (χ3v) is 3.84. The Morgan fingerprint density at radius 1 is 1.26 bits per heavy atom. The normalized spacial score (nSPS) is 21.6. The van der Waals surface area contributed by atoms with E-state index in [0.29, 0.717) is 13.1 Å². The molecular weight excluding hydrogens is 238 g/mol. The first kappa shape index (κ1) is 12.5. The molecule has 2 aromatic rings. The number of furan rings is 1. The summed E-state index contributed by atoms with van der Waals surface area (Å²) in [5, 5.41) is 14.0. The molecule has 1 unspecified atom stereocenters. The molecule has 3 rings (SSSR count). The lowest BCUT2D eigenvalue weighted by molar-refractivity contribution is 0.0380. The highest BCUT2D eigenvalue weighted by Gasteiger charge is 2.35. The second-order valence-corrected chi connectivity index (χ2v) is 5.30. The molecule has 2 N–H and O–H groups in total. The number of nitrogens with one attached hydrogen (secondary N) is 1. The molecule has 1 heterocycles. The topological polar surface area (TPSA) is 45.4 Å². The fraction of sp³-hybridized carbons (Fsp3) is 0.375. The van der Waals surface area contributed by atoms with Crippen LogP contribution >= 0.6 is 0 Å². The third kappa shape index (κ3) is 2.44. The van der Waals surface area contributed by atoms with Gasteiger partial charge in [-0.2, -0.15) is 0 Å². The van der Waals surface area contributed by atoms with Crippen molar-refractivity contribution in [3.8, 4) is 0 Å². The average Bonchev–Trinajstić information content (AvgIpc) is 2.96. The Balaban J connectivity index is 1.64. The fourth-order valence-corrected chi connectivity index (χ4v) is 2.82. The van der Waals surface area contributed by atoms with Crippen molar-refractivity contribution < 1.29 is 9.52 Å². The van der Waals surface area contributed by atoms with Crippen molar-refractivity contribution in [2.45, 2.75) is 31.9 Å². The van der Waals surface area contributed by atoms with Crippen molar-refractivity contribution in [1.82, 2.24) is 5.32 Å². The van der Waals surface area contributed by atoms with Gasteiger partial charge in [0.25, 0.3) is 0 Å². The molecule has 0 bridgehead atoms. The summed E-state index contributed by atoms with van der Waals surface area (Å²) in [6.45, 7) is 3.15. The highest BCUT2D eigenvalue weighted by atomic mass is 16.3. The summed E-state index contributed by atoms with van der Waals surface area (Å²) in [6.07, 6.45) is 1.74. The molecule has 3 nitrogen and oxygen atoms in total. The second kappa shape index (κ2) is 4.83. The van der Waals surface area contributed by atoms with Crippen LogP contribution in [-0.2, 0) is 18.6 Å². The summed E-state index contributed by atoms with van der Waals surface area (Å²) in [6, 6.07) is 12.1. The number of aryl methyl sites for hydroxylation is 2. The van der Waals surface area contributed by atoms with Gasteiger partial charge in [0.1, 0.15) is 17.1 Å². The van der Waals surface area contributed by atoms with Crippen molar-refractivity contribution >= 4 is 0 Å². The first-order valence-corrected chi connectivity index (χ1v) is 6.74. The van der Waals surface area contributed by atoms with E-state index in [1.807, 2.05) is 37.3 Å². The predicted octanol–water partition coefficient (Wildman–Crippen LogP) is 2.51. The Labute approximate surface area is 113 Å². The minimum absolute atomic E-state index is 0.559. The molecule has 0 spiro atoms. The van der Waals surface area contributed by atoms with Crippen LogP contribution in [0.5, 0.6) is 0 Å². The molecule has 0 aliphatic heterocycles. The summed E-state index contributed by atoms with van der Waals surface area (Å²) in [7, 11) is 0. The molecular formula is C16H19NO2. The molecule has 19 heavy (non-hydrogen) atoms. The van der Waals surface area contributed by atoms with Gasteiger partial charge in [0.15, 0.2) is 0 Å². The monoisotopic (exact) mass is 257 g/mol. The van der Waals surface area contributed by atoms with E-state index in [9.17, 15) is 5.11 Å². The van der Waals surface area contributed by atoms with Gasteiger partial charge in [-0.1, -0.05) is 24.3 Å². The van der Waals surface area contributed by atoms with Crippen LogP contribution in [0.1, 0.15) is 29.1 Å². The largest absolute Gasteiger partial charge is 0.465 e. The van der Waals surface area contributed by atoms with Crippen molar-refractivity contribution in [3.05, 3.63) is 59.0 Å². The van der Waals surface area contributed by atoms with Crippen LogP contribution in [0.3, 0.4) is 0 Å². The zero-order valence-electron chi connectivity index (χ0n) is 11.1. The molecule has 0 fully saturated rings. The molecule has 1 atom stereocenters. The van der Waals surface area contributed by atoms with E-state index in [2.05, 4.69) is 11.4 Å². The molecule has 0 radical (unpaired) electrons. The predicted molar refractivity (Wildman–Crippen MR) is 73.8 cm³/mol. The highest BCUT2D eigenvalue weighted by molar-refractivity contribution is 5.37. The Bertz CT molecular complexity index is 576. The van der Waals surface area contributed by atoms with Crippen LogP contribution in [0.4, 0.5) is 0 Å². The van der Waals surface area contributed by atoms with E-state index in [-0.39, 0.29) is 0 Å². The smallest absolute Gasteiger partial charge is 0.117 e. The summed E-state index contributed by atoms with van der Waals surface area (Å²) in [5.74, 6) is 1.83. The zero-order chi connectivity index (χ0) is 13.3. The summed E-state index contributed by atoms with van der Waals surface area (Å²) < 4.78 is 5.51. The van der Waals surface area contributed by atoms with Crippen molar-refractivity contribution in [3.63, 3.8) is 0 Å². The summed E-state index contributed by atoms with van der Waals surface area (Å²) in [4.78, 5) is 0. The minimum atomic E-state index is -0.738. The fourth-order valence-electron chi connectivity index (χ4n) is 2.82. The van der Waals surface area contributed by atoms with Crippen LogP contribution in [0.15, 0.2) is 40.8 Å². The lowest BCUT2D eigenvalue weighted by atomic mass is 9.96. The van der Waals surface area contributed by atoms with Gasteiger partial charge in [0.05, 0.1) is 6.54 Å². The number of fused-ring (bicyclic) bond motifs is 1. The van der Waals surface area contributed by atoms with Crippen molar-refractivity contribution in [2.75, 3.05) is 6.54 Å². The maximum atomic E-state index is 10.7. The first-order valence-electron chi connectivity index (χ1n) is 6.74. The van der Waals surface area contributed by atoms with Crippen LogP contribution in [0, 0.1) is 6.92 Å². The Morgan fingerprint density at radius 3 is 2.89 bits per heavy atom. The number of hydrogen-bond donors (Lipinski definition) is 2. The second-order valence-electron chi connectivity index (χ2n) is 5.30. The average molecular weight is 257 g/mol. The van der Waals surface area contributed by atoms with Gasteiger partial charge >= 0.3 is 0 Å². The van der Waals surface area contributed by atoms with Gasteiger partial charge in [0.2, 0.25) is 0 Å². The van der Waals surface area contributed by atoms with Crippen LogP contribution in [0.2, 0.25) is 0 Å². The van der Waals surface area contributed by atoms with Gasteiger partial charge in [0, 0.05) is 6.54 Å². The number of aliphatic hydroxyl groups is 1. The maximum absolute atomic E-state index is 10.7. The Kier molecular flexibility index (Phi) is 3.17. The van der Waals surface area contributed by atoms with E-state index >= 15 is 0 Å². The van der Waals surface area contributed by atoms with Gasteiger partial charge in [-0.25, -0.2) is 0 Å². The molecule has 0 saturated carbocycles. The van der Waals surface area contributed by atoms with E-state index in [1.165, 1.54) is 5.56 Å². The number of hydrogen-bond acceptors (Lipinski definition) is 3. The third-order valence-electron chi connectivity index (χ3n) is 3.84. The SMILES string of the molecule is Cc1ccc(CNCC2(O)CCc3ccccc32)o1. The molecule has 1 aliphatic rings. The lowest BCUT2D eigenvalue weighted by Crippen LogP contribution is -2.35. The quantitative estimate of drug-likeness (QED) is 0.884. The maximum Gasteiger partial charge on any atom is 0.117 e. The number of benzene rings is 1.